The summed E-state index contributed by atoms with van der Waals surface area (Å²) in [5.74, 6) is 0.0374. The summed E-state index contributed by atoms with van der Waals surface area (Å²) in [5.41, 5.74) is 0.605. The first-order valence-electron chi connectivity index (χ1n) is 3.93. The molecule has 1 aromatic heterocycles. The molecule has 1 heterocycles. The molecule has 0 unspecified atom stereocenters. The molecule has 0 radical (unpaired) electrons. The van der Waals surface area contributed by atoms with Gasteiger partial charge in [-0.2, -0.15) is 4.80 Å². The van der Waals surface area contributed by atoms with Gasteiger partial charge in [-0.15, -0.1) is 10.2 Å². The highest BCUT2D eigenvalue weighted by Gasteiger charge is 2.07. The van der Waals surface area contributed by atoms with Crippen molar-refractivity contribution in [3.05, 3.63) is 18.2 Å². The van der Waals surface area contributed by atoms with Crippen molar-refractivity contribution in [2.45, 2.75) is 0 Å². The summed E-state index contributed by atoms with van der Waals surface area (Å²) >= 11 is 0. The Kier molecular flexibility index (Phi) is 1.81. The fraction of sp³-hybridized carbons (Fsp3) is 0.125. The van der Waals surface area contributed by atoms with Gasteiger partial charge in [0.2, 0.25) is 5.82 Å². The van der Waals surface area contributed by atoms with Crippen LogP contribution in [0.1, 0.15) is 0 Å². The Labute approximate surface area is 79.4 Å². The number of benzene rings is 1. The zero-order valence-corrected chi connectivity index (χ0v) is 7.42. The van der Waals surface area contributed by atoms with Crippen molar-refractivity contribution in [2.24, 2.45) is 7.05 Å². The van der Waals surface area contributed by atoms with Crippen LogP contribution in [-0.4, -0.2) is 30.4 Å². The maximum absolute atomic E-state index is 9.24. The van der Waals surface area contributed by atoms with Crippen molar-refractivity contribution in [1.29, 1.82) is 0 Å². The Bertz CT molecular complexity index is 466. The number of phenolic OH excluding ortho intramolecular Hbond substituents is 2. The average molecular weight is 192 g/mol. The van der Waals surface area contributed by atoms with Crippen LogP contribution in [0.25, 0.3) is 11.4 Å². The highest BCUT2D eigenvalue weighted by Crippen LogP contribution is 2.28. The molecule has 2 N–H and O–H groups in total. The van der Waals surface area contributed by atoms with Crippen LogP contribution in [0.2, 0.25) is 0 Å². The van der Waals surface area contributed by atoms with Crippen LogP contribution in [0, 0.1) is 0 Å². The molecule has 14 heavy (non-hydrogen) atoms. The summed E-state index contributed by atoms with van der Waals surface area (Å²) < 4.78 is 0. The first-order valence-corrected chi connectivity index (χ1v) is 3.93. The van der Waals surface area contributed by atoms with Crippen LogP contribution in [0.15, 0.2) is 18.2 Å². The number of hydrogen-bond donors (Lipinski definition) is 2. The minimum Gasteiger partial charge on any atom is -0.504 e. The fourth-order valence-corrected chi connectivity index (χ4v) is 1.06. The zero-order chi connectivity index (χ0) is 10.1. The normalized spacial score (nSPS) is 10.4. The van der Waals surface area contributed by atoms with Gasteiger partial charge in [0, 0.05) is 5.56 Å². The van der Waals surface area contributed by atoms with E-state index in [1.165, 1.54) is 16.9 Å². The lowest BCUT2D eigenvalue weighted by Crippen LogP contribution is -1.91. The lowest BCUT2D eigenvalue weighted by molar-refractivity contribution is 0.404. The quantitative estimate of drug-likeness (QED) is 0.634. The molecule has 0 saturated heterocycles. The summed E-state index contributed by atoms with van der Waals surface area (Å²) in [7, 11) is 1.65. The van der Waals surface area contributed by atoms with E-state index in [0.717, 1.165) is 0 Å². The van der Waals surface area contributed by atoms with E-state index < -0.39 is 0 Å². The molecule has 0 atom stereocenters. The topological polar surface area (TPSA) is 84.1 Å². The van der Waals surface area contributed by atoms with E-state index in [9.17, 15) is 5.11 Å². The summed E-state index contributed by atoms with van der Waals surface area (Å²) in [6.07, 6.45) is 0. The van der Waals surface area contributed by atoms with Gasteiger partial charge in [-0.3, -0.25) is 0 Å². The first kappa shape index (κ1) is 8.49. The number of nitrogens with zero attached hydrogens (tertiary/aromatic N) is 4. The van der Waals surface area contributed by atoms with Crippen molar-refractivity contribution in [3.63, 3.8) is 0 Å². The third-order valence-corrected chi connectivity index (χ3v) is 1.74. The molecule has 2 aromatic rings. The van der Waals surface area contributed by atoms with E-state index in [1.54, 1.807) is 13.1 Å². The second-order valence-electron chi connectivity index (χ2n) is 2.81. The summed E-state index contributed by atoms with van der Waals surface area (Å²) in [4.78, 5) is 1.32. The minimum absolute atomic E-state index is 0.169. The predicted molar refractivity (Wildman–Crippen MR) is 47.6 cm³/mol. The Hall–Kier alpha value is -2.11. The zero-order valence-electron chi connectivity index (χ0n) is 7.42. The van der Waals surface area contributed by atoms with Gasteiger partial charge in [-0.25, -0.2) is 0 Å². The van der Waals surface area contributed by atoms with Gasteiger partial charge in [0.15, 0.2) is 11.5 Å². The smallest absolute Gasteiger partial charge is 0.205 e. The summed E-state index contributed by atoms with van der Waals surface area (Å²) in [5, 5.41) is 29.7. The van der Waals surface area contributed by atoms with Gasteiger partial charge >= 0.3 is 0 Å². The molecule has 6 heteroatoms. The molecule has 0 amide bonds. The molecule has 0 spiro atoms. The van der Waals surface area contributed by atoms with E-state index in [4.69, 9.17) is 5.11 Å². The fourth-order valence-electron chi connectivity index (χ4n) is 1.06. The molecular weight excluding hydrogens is 184 g/mol. The number of aryl methyl sites for hydroxylation is 1. The molecule has 0 aliphatic carbocycles. The van der Waals surface area contributed by atoms with Crippen LogP contribution in [0.5, 0.6) is 11.5 Å². The summed E-state index contributed by atoms with van der Waals surface area (Å²) in [6.45, 7) is 0. The highest BCUT2D eigenvalue weighted by atomic mass is 16.3. The first-order chi connectivity index (χ1) is 6.66. The number of tetrazole rings is 1. The van der Waals surface area contributed by atoms with Crippen LogP contribution in [0.3, 0.4) is 0 Å². The van der Waals surface area contributed by atoms with Crippen molar-refractivity contribution in [2.75, 3.05) is 0 Å². The van der Waals surface area contributed by atoms with Gasteiger partial charge < -0.3 is 10.2 Å². The van der Waals surface area contributed by atoms with Crippen molar-refractivity contribution < 1.29 is 10.2 Å². The molecule has 72 valence electrons. The Morgan fingerprint density at radius 2 is 2.00 bits per heavy atom. The largest absolute Gasteiger partial charge is 0.504 e. The Morgan fingerprint density at radius 1 is 1.21 bits per heavy atom. The number of aromatic hydroxyl groups is 2. The monoisotopic (exact) mass is 192 g/mol. The molecule has 0 bridgehead atoms. The van der Waals surface area contributed by atoms with Crippen LogP contribution >= 0.6 is 0 Å². The highest BCUT2D eigenvalue weighted by molar-refractivity contribution is 5.59. The van der Waals surface area contributed by atoms with E-state index >= 15 is 0 Å². The van der Waals surface area contributed by atoms with E-state index in [2.05, 4.69) is 15.4 Å². The molecule has 0 aliphatic heterocycles. The third-order valence-electron chi connectivity index (χ3n) is 1.74. The standard InChI is InChI=1S/C8H8N4O2/c1-12-10-8(9-11-12)5-2-3-6(13)7(14)4-5/h2-4,13-14H,1H3. The molecule has 0 fully saturated rings. The van der Waals surface area contributed by atoms with Gasteiger partial charge in [0.1, 0.15) is 0 Å². The maximum Gasteiger partial charge on any atom is 0.205 e. The van der Waals surface area contributed by atoms with Crippen LogP contribution < -0.4 is 0 Å². The summed E-state index contributed by atoms with van der Waals surface area (Å²) in [6, 6.07) is 4.36. The van der Waals surface area contributed by atoms with Crippen LogP contribution in [0.4, 0.5) is 0 Å². The Morgan fingerprint density at radius 3 is 2.57 bits per heavy atom. The van der Waals surface area contributed by atoms with Crippen molar-refractivity contribution in [1.82, 2.24) is 20.2 Å². The number of aromatic nitrogens is 4. The van der Waals surface area contributed by atoms with Crippen molar-refractivity contribution >= 4 is 0 Å². The van der Waals surface area contributed by atoms with Gasteiger partial charge in [0.25, 0.3) is 0 Å². The predicted octanol–water partition coefficient (Wildman–Crippen LogP) is 0.288. The molecule has 0 saturated carbocycles. The SMILES string of the molecule is Cn1nnc(-c2ccc(O)c(O)c2)n1. The van der Waals surface area contributed by atoms with Crippen LogP contribution in [-0.2, 0) is 7.05 Å². The van der Waals surface area contributed by atoms with Gasteiger partial charge in [-0.05, 0) is 23.4 Å². The van der Waals surface area contributed by atoms with Gasteiger partial charge in [-0.1, -0.05) is 0 Å². The van der Waals surface area contributed by atoms with E-state index in [1.807, 2.05) is 0 Å². The molecule has 0 aliphatic rings. The maximum atomic E-state index is 9.24. The van der Waals surface area contributed by atoms with Gasteiger partial charge in [0.05, 0.1) is 7.05 Å². The third kappa shape index (κ3) is 1.37. The lowest BCUT2D eigenvalue weighted by atomic mass is 10.2. The number of phenols is 2. The molecule has 6 nitrogen and oxygen atoms in total. The van der Waals surface area contributed by atoms with Crippen molar-refractivity contribution in [3.8, 4) is 22.9 Å². The number of hydrogen-bond acceptors (Lipinski definition) is 5. The number of rotatable bonds is 1. The second kappa shape index (κ2) is 2.99. The lowest BCUT2D eigenvalue weighted by Gasteiger charge is -1.98. The van der Waals surface area contributed by atoms with E-state index in [-0.39, 0.29) is 11.5 Å². The molecule has 1 aromatic carbocycles. The average Bonchev–Trinajstić information content (AvgIpc) is 2.57. The van der Waals surface area contributed by atoms with E-state index in [0.29, 0.717) is 11.4 Å². The molecule has 2 rings (SSSR count). The minimum atomic E-state index is -0.199. The molecular formula is C8H8N4O2. The second-order valence-corrected chi connectivity index (χ2v) is 2.81. The Balaban J connectivity index is 2.47.